The highest BCUT2D eigenvalue weighted by Gasteiger charge is 2.32. The number of nitrogens with zero attached hydrogens (tertiary/aromatic N) is 1. The number of rotatable bonds is 17. The molecule has 0 radical (unpaired) electrons. The highest BCUT2D eigenvalue weighted by molar-refractivity contribution is 6.38. The van der Waals surface area contributed by atoms with E-state index in [4.69, 9.17) is 4.74 Å². The number of amides is 1. The largest absolute Gasteiger partial charge is 0.497 e. The number of carbonyl (C=O) groups is 5. The Morgan fingerprint density at radius 3 is 2.07 bits per heavy atom. The Labute approximate surface area is 253 Å². The first-order chi connectivity index (χ1) is 20.6. The van der Waals surface area contributed by atoms with E-state index in [1.165, 1.54) is 12.4 Å². The van der Waals surface area contributed by atoms with Crippen LogP contribution in [0.3, 0.4) is 0 Å². The van der Waals surface area contributed by atoms with Crippen LogP contribution in [0.5, 0.6) is 5.75 Å². The zero-order chi connectivity index (χ0) is 31.4. The third kappa shape index (κ3) is 10.1. The molecule has 0 aliphatic rings. The van der Waals surface area contributed by atoms with Gasteiger partial charge in [-0.15, -0.1) is 0 Å². The van der Waals surface area contributed by atoms with Gasteiger partial charge in [0.2, 0.25) is 11.7 Å². The SMILES string of the molecule is COc1ccc(CCC(=O)C(=O)[C@@H](CC(=O)[C@H](C)NC(=O)[C@@H](CC(=O)c2ccncc2)Cc2ccccc2)C(C)C)cc1. The Morgan fingerprint density at radius 1 is 0.814 bits per heavy atom. The van der Waals surface area contributed by atoms with E-state index in [1.807, 2.05) is 42.5 Å². The summed E-state index contributed by atoms with van der Waals surface area (Å²) in [4.78, 5) is 69.4. The molecule has 0 fully saturated rings. The maximum atomic E-state index is 13.4. The zero-order valence-electron chi connectivity index (χ0n) is 25.2. The second-order valence-corrected chi connectivity index (χ2v) is 11.1. The zero-order valence-corrected chi connectivity index (χ0v) is 25.2. The first kappa shape index (κ1) is 33.0. The van der Waals surface area contributed by atoms with Crippen molar-refractivity contribution in [2.75, 3.05) is 7.11 Å². The van der Waals surface area contributed by atoms with Crippen LogP contribution in [-0.2, 0) is 32.0 Å². The average molecular weight is 585 g/mol. The molecule has 0 bridgehead atoms. The minimum Gasteiger partial charge on any atom is -0.497 e. The summed E-state index contributed by atoms with van der Waals surface area (Å²) in [5, 5.41) is 2.77. The van der Waals surface area contributed by atoms with Gasteiger partial charge < -0.3 is 10.1 Å². The van der Waals surface area contributed by atoms with E-state index in [0.717, 1.165) is 11.1 Å². The van der Waals surface area contributed by atoms with Gasteiger partial charge in [-0.3, -0.25) is 29.0 Å². The minimum atomic E-state index is -0.898. The molecule has 226 valence electrons. The lowest BCUT2D eigenvalue weighted by Gasteiger charge is -2.23. The van der Waals surface area contributed by atoms with Gasteiger partial charge in [-0.25, -0.2) is 0 Å². The number of Topliss-reactive ketones (excluding diaryl/α,β-unsaturated/α-hetero) is 4. The lowest BCUT2D eigenvalue weighted by Crippen LogP contribution is -2.44. The van der Waals surface area contributed by atoms with Crippen molar-refractivity contribution in [1.29, 1.82) is 0 Å². The van der Waals surface area contributed by atoms with Gasteiger partial charge in [0, 0.05) is 49.1 Å². The van der Waals surface area contributed by atoms with E-state index in [9.17, 15) is 24.0 Å². The normalized spacial score (nSPS) is 13.0. The van der Waals surface area contributed by atoms with Gasteiger partial charge in [-0.2, -0.15) is 0 Å². The second kappa shape index (κ2) is 16.2. The molecule has 1 heterocycles. The topological polar surface area (TPSA) is 119 Å². The van der Waals surface area contributed by atoms with E-state index >= 15 is 0 Å². The van der Waals surface area contributed by atoms with Crippen LogP contribution in [0.15, 0.2) is 79.1 Å². The molecule has 8 heteroatoms. The summed E-state index contributed by atoms with van der Waals surface area (Å²) in [7, 11) is 1.57. The molecule has 0 unspecified atom stereocenters. The Morgan fingerprint density at radius 2 is 1.47 bits per heavy atom. The third-order valence-corrected chi connectivity index (χ3v) is 7.61. The predicted octanol–water partition coefficient (Wildman–Crippen LogP) is 5.03. The lowest BCUT2D eigenvalue weighted by atomic mass is 9.83. The lowest BCUT2D eigenvalue weighted by molar-refractivity contribution is -0.141. The molecule has 0 saturated heterocycles. The van der Waals surface area contributed by atoms with Crippen LogP contribution in [0.1, 0.15) is 61.5 Å². The van der Waals surface area contributed by atoms with Crippen molar-refractivity contribution in [2.45, 2.75) is 58.9 Å². The summed E-state index contributed by atoms with van der Waals surface area (Å²) in [5.41, 5.74) is 2.26. The van der Waals surface area contributed by atoms with Crippen molar-refractivity contribution in [2.24, 2.45) is 17.8 Å². The van der Waals surface area contributed by atoms with Crippen molar-refractivity contribution < 1.29 is 28.7 Å². The Balaban J connectivity index is 1.63. The molecule has 8 nitrogen and oxygen atoms in total. The van der Waals surface area contributed by atoms with E-state index < -0.39 is 35.4 Å². The third-order valence-electron chi connectivity index (χ3n) is 7.61. The molecule has 1 N–H and O–H groups in total. The number of pyridine rings is 1. The summed E-state index contributed by atoms with van der Waals surface area (Å²) in [6.45, 7) is 5.17. The van der Waals surface area contributed by atoms with E-state index in [0.29, 0.717) is 24.2 Å². The van der Waals surface area contributed by atoms with Gasteiger partial charge in [-0.1, -0.05) is 56.3 Å². The van der Waals surface area contributed by atoms with Crippen molar-refractivity contribution in [1.82, 2.24) is 10.3 Å². The number of methoxy groups -OCH3 is 1. The highest BCUT2D eigenvalue weighted by atomic mass is 16.5. The molecule has 0 aliphatic heterocycles. The summed E-state index contributed by atoms with van der Waals surface area (Å²) >= 11 is 0. The molecule has 0 aliphatic carbocycles. The number of hydrogen-bond acceptors (Lipinski definition) is 7. The summed E-state index contributed by atoms with van der Waals surface area (Å²) in [5.74, 6) is -3.08. The van der Waals surface area contributed by atoms with Crippen molar-refractivity contribution >= 4 is 29.0 Å². The van der Waals surface area contributed by atoms with Crippen LogP contribution in [0.25, 0.3) is 0 Å². The maximum Gasteiger partial charge on any atom is 0.224 e. The molecule has 2 aromatic carbocycles. The van der Waals surface area contributed by atoms with Gasteiger partial charge in [0.25, 0.3) is 0 Å². The smallest absolute Gasteiger partial charge is 0.224 e. The molecular formula is C35H40N2O6. The highest BCUT2D eigenvalue weighted by Crippen LogP contribution is 2.21. The average Bonchev–Trinajstić information content (AvgIpc) is 3.02. The molecule has 1 amide bonds. The van der Waals surface area contributed by atoms with Crippen LogP contribution >= 0.6 is 0 Å². The number of carbonyl (C=O) groups excluding carboxylic acids is 5. The van der Waals surface area contributed by atoms with Crippen molar-refractivity contribution in [3.05, 3.63) is 95.8 Å². The van der Waals surface area contributed by atoms with Crippen LogP contribution in [0, 0.1) is 17.8 Å². The fraction of sp³-hybridized carbons (Fsp3) is 0.371. The molecule has 1 aromatic heterocycles. The summed E-state index contributed by atoms with van der Waals surface area (Å²) in [6.07, 6.45) is 3.61. The molecule has 3 rings (SSSR count). The van der Waals surface area contributed by atoms with Gasteiger partial charge in [-0.05, 0) is 61.1 Å². The first-order valence-electron chi connectivity index (χ1n) is 14.6. The molecule has 3 atom stereocenters. The van der Waals surface area contributed by atoms with Crippen LogP contribution < -0.4 is 10.1 Å². The second-order valence-electron chi connectivity index (χ2n) is 11.1. The maximum absolute atomic E-state index is 13.4. The molecule has 43 heavy (non-hydrogen) atoms. The standard InChI is InChI=1S/C35H40N2O6/c1-23(2)30(34(41)31(38)15-12-25-10-13-29(43-4)14-11-25)22-32(39)24(3)37-35(42)28(20-26-8-6-5-7-9-26)21-33(40)27-16-18-36-19-17-27/h5-11,13-14,16-19,23-24,28,30H,12,15,20-22H2,1-4H3,(H,37,42)/t24-,28+,30-/m0/s1. The quantitative estimate of drug-likeness (QED) is 0.175. The van der Waals surface area contributed by atoms with Gasteiger partial charge >= 0.3 is 0 Å². The van der Waals surface area contributed by atoms with E-state index in [1.54, 1.807) is 52.1 Å². The Bertz CT molecular complexity index is 1390. The fourth-order valence-electron chi connectivity index (χ4n) is 4.85. The van der Waals surface area contributed by atoms with Crippen molar-refractivity contribution in [3.8, 4) is 5.75 Å². The molecule has 0 spiro atoms. The number of aryl methyl sites for hydroxylation is 1. The molecular weight excluding hydrogens is 544 g/mol. The summed E-state index contributed by atoms with van der Waals surface area (Å²) in [6, 6.07) is 19.0. The van der Waals surface area contributed by atoms with Crippen LogP contribution in [0.4, 0.5) is 0 Å². The molecule has 0 saturated carbocycles. The fourth-order valence-corrected chi connectivity index (χ4v) is 4.85. The van der Waals surface area contributed by atoms with Crippen LogP contribution in [-0.4, -0.2) is 47.2 Å². The Hall–Kier alpha value is -4.46. The number of ether oxygens (including phenoxy) is 1. The number of hydrogen-bond donors (Lipinski definition) is 1. The predicted molar refractivity (Wildman–Crippen MR) is 164 cm³/mol. The Kier molecular flexibility index (Phi) is 12.5. The monoisotopic (exact) mass is 584 g/mol. The van der Waals surface area contributed by atoms with Gasteiger partial charge in [0.05, 0.1) is 13.2 Å². The molecule has 3 aromatic rings. The number of ketones is 4. The van der Waals surface area contributed by atoms with Crippen LogP contribution in [0.2, 0.25) is 0 Å². The number of nitrogens with one attached hydrogen (secondary N) is 1. The minimum absolute atomic E-state index is 0.0402. The first-order valence-corrected chi connectivity index (χ1v) is 14.6. The van der Waals surface area contributed by atoms with Crippen molar-refractivity contribution in [3.63, 3.8) is 0 Å². The van der Waals surface area contributed by atoms with E-state index in [-0.39, 0.29) is 36.7 Å². The number of aromatic nitrogens is 1. The van der Waals surface area contributed by atoms with Gasteiger partial charge in [0.1, 0.15) is 5.75 Å². The van der Waals surface area contributed by atoms with E-state index in [2.05, 4.69) is 10.3 Å². The van der Waals surface area contributed by atoms with Gasteiger partial charge in [0.15, 0.2) is 17.3 Å². The summed E-state index contributed by atoms with van der Waals surface area (Å²) < 4.78 is 5.15. The number of benzene rings is 2.